The minimum Gasteiger partial charge on any atom is -0.465 e. The molecule has 116 valence electrons. The zero-order valence-electron chi connectivity index (χ0n) is 12.7. The Morgan fingerprint density at radius 1 is 1.52 bits per heavy atom. The first-order chi connectivity index (χ1) is 9.92. The highest BCUT2D eigenvalue weighted by molar-refractivity contribution is 7.98. The van der Waals surface area contributed by atoms with Crippen LogP contribution in [0.25, 0.3) is 0 Å². The molecule has 0 amide bonds. The Bertz CT molecular complexity index is 522. The smallest absolute Gasteiger partial charge is 0.337 e. The fraction of sp³-hybridized carbons (Fsp3) is 0.500. The Balaban J connectivity index is 3.16. The van der Waals surface area contributed by atoms with E-state index in [-0.39, 0.29) is 11.7 Å². The fourth-order valence-electron chi connectivity index (χ4n) is 1.92. The topological polar surface area (TPSA) is 72.7 Å². The maximum atomic E-state index is 11.6. The summed E-state index contributed by atoms with van der Waals surface area (Å²) in [6, 6.07) is 4.40. The van der Waals surface area contributed by atoms with Crippen LogP contribution in [-0.4, -0.2) is 43.1 Å². The Labute approximate surface area is 128 Å². The van der Waals surface area contributed by atoms with Crippen molar-refractivity contribution >= 4 is 29.1 Å². The summed E-state index contributed by atoms with van der Waals surface area (Å²) in [7, 11) is 3.09. The van der Waals surface area contributed by atoms with E-state index >= 15 is 0 Å². The number of anilines is 1. The number of nitro groups is 1. The Kier molecular flexibility index (Phi) is 6.48. The molecule has 0 radical (unpaired) electrons. The molecule has 1 rings (SSSR count). The van der Waals surface area contributed by atoms with Crippen molar-refractivity contribution in [2.24, 2.45) is 0 Å². The lowest BCUT2D eigenvalue weighted by molar-refractivity contribution is -0.384. The van der Waals surface area contributed by atoms with Gasteiger partial charge in [0.1, 0.15) is 5.69 Å². The van der Waals surface area contributed by atoms with Gasteiger partial charge in [-0.15, -0.1) is 0 Å². The standard InChI is InChI=1S/C14H20N2O4S/c1-10(7-8-21-4)15(2)13-9-11(14(17)20-3)5-6-12(13)16(18)19/h5-6,9-10H,7-8H2,1-4H3. The number of ether oxygens (including phenoxy) is 1. The fourth-order valence-corrected chi connectivity index (χ4v) is 2.50. The normalized spacial score (nSPS) is 11.8. The summed E-state index contributed by atoms with van der Waals surface area (Å²) >= 11 is 1.73. The first kappa shape index (κ1) is 17.3. The second-order valence-electron chi connectivity index (χ2n) is 4.69. The third-order valence-corrected chi connectivity index (χ3v) is 4.02. The molecule has 0 saturated heterocycles. The van der Waals surface area contributed by atoms with Crippen LogP contribution in [0.2, 0.25) is 0 Å². The SMILES string of the molecule is COC(=O)c1ccc([N+](=O)[O-])c(N(C)C(C)CCSC)c1. The van der Waals surface area contributed by atoms with Crippen LogP contribution >= 0.6 is 11.8 Å². The molecule has 7 heteroatoms. The van der Waals surface area contributed by atoms with Gasteiger partial charge in [0.2, 0.25) is 0 Å². The number of rotatable bonds is 7. The van der Waals surface area contributed by atoms with Gasteiger partial charge in [-0.25, -0.2) is 4.79 Å². The molecule has 1 unspecified atom stereocenters. The number of nitro benzene ring substituents is 1. The number of hydrogen-bond donors (Lipinski definition) is 0. The Hall–Kier alpha value is -1.76. The molecular formula is C14H20N2O4S. The number of methoxy groups -OCH3 is 1. The van der Waals surface area contributed by atoms with E-state index in [1.165, 1.54) is 25.3 Å². The van der Waals surface area contributed by atoms with Crippen molar-refractivity contribution in [1.82, 2.24) is 0 Å². The van der Waals surface area contributed by atoms with Crippen LogP contribution in [0.1, 0.15) is 23.7 Å². The van der Waals surface area contributed by atoms with E-state index in [9.17, 15) is 14.9 Å². The van der Waals surface area contributed by atoms with Gasteiger partial charge in [-0.3, -0.25) is 10.1 Å². The molecule has 0 aliphatic rings. The average molecular weight is 312 g/mol. The first-order valence-corrected chi connectivity index (χ1v) is 7.90. The molecule has 0 fully saturated rings. The summed E-state index contributed by atoms with van der Waals surface area (Å²) in [6.07, 6.45) is 2.92. The zero-order valence-corrected chi connectivity index (χ0v) is 13.5. The lowest BCUT2D eigenvalue weighted by Gasteiger charge is -2.26. The predicted molar refractivity (Wildman–Crippen MR) is 85.3 cm³/mol. The highest BCUT2D eigenvalue weighted by Crippen LogP contribution is 2.30. The molecular weight excluding hydrogens is 292 g/mol. The quantitative estimate of drug-likeness (QED) is 0.438. The minimum atomic E-state index is -0.503. The molecule has 0 spiro atoms. The monoisotopic (exact) mass is 312 g/mol. The van der Waals surface area contributed by atoms with E-state index < -0.39 is 10.9 Å². The maximum Gasteiger partial charge on any atom is 0.337 e. The van der Waals surface area contributed by atoms with E-state index in [0.717, 1.165) is 12.2 Å². The minimum absolute atomic E-state index is 0.0128. The molecule has 0 bridgehead atoms. The molecule has 0 saturated carbocycles. The van der Waals surface area contributed by atoms with Crippen molar-refractivity contribution in [2.75, 3.05) is 31.1 Å². The lowest BCUT2D eigenvalue weighted by atomic mass is 10.1. The molecule has 0 aromatic heterocycles. The number of thioether (sulfide) groups is 1. The van der Waals surface area contributed by atoms with Crippen LogP contribution in [0.3, 0.4) is 0 Å². The van der Waals surface area contributed by atoms with Gasteiger partial charge in [0, 0.05) is 19.2 Å². The lowest BCUT2D eigenvalue weighted by Crippen LogP contribution is -2.30. The van der Waals surface area contributed by atoms with E-state index in [1.807, 2.05) is 18.1 Å². The van der Waals surface area contributed by atoms with Gasteiger partial charge in [0.25, 0.3) is 5.69 Å². The number of esters is 1. The predicted octanol–water partition coefficient (Wildman–Crippen LogP) is 2.96. The molecule has 1 aromatic carbocycles. The van der Waals surface area contributed by atoms with E-state index in [0.29, 0.717) is 11.3 Å². The third-order valence-electron chi connectivity index (χ3n) is 3.37. The second kappa shape index (κ2) is 7.87. The second-order valence-corrected chi connectivity index (χ2v) is 5.68. The number of carbonyl (C=O) groups excluding carboxylic acids is 1. The summed E-state index contributed by atoms with van der Waals surface area (Å²) in [5.74, 6) is 0.465. The number of carbonyl (C=O) groups is 1. The molecule has 0 heterocycles. The number of benzene rings is 1. The molecule has 0 aliphatic heterocycles. The van der Waals surface area contributed by atoms with Gasteiger partial charge in [0.05, 0.1) is 17.6 Å². The van der Waals surface area contributed by atoms with Crippen LogP contribution in [0.4, 0.5) is 11.4 Å². The first-order valence-electron chi connectivity index (χ1n) is 6.50. The van der Waals surface area contributed by atoms with Crippen LogP contribution in [0.5, 0.6) is 0 Å². The van der Waals surface area contributed by atoms with Gasteiger partial charge < -0.3 is 9.64 Å². The van der Waals surface area contributed by atoms with Gasteiger partial charge in [-0.2, -0.15) is 11.8 Å². The van der Waals surface area contributed by atoms with Crippen LogP contribution < -0.4 is 4.90 Å². The van der Waals surface area contributed by atoms with Crippen LogP contribution in [0, 0.1) is 10.1 Å². The summed E-state index contributed by atoms with van der Waals surface area (Å²) < 4.78 is 4.67. The maximum absolute atomic E-state index is 11.6. The van der Waals surface area contributed by atoms with Gasteiger partial charge >= 0.3 is 5.97 Å². The zero-order chi connectivity index (χ0) is 16.0. The third kappa shape index (κ3) is 4.35. The van der Waals surface area contributed by atoms with Crippen LogP contribution in [0.15, 0.2) is 18.2 Å². The number of nitrogens with zero attached hydrogens (tertiary/aromatic N) is 2. The summed E-state index contributed by atoms with van der Waals surface area (Å²) in [5.41, 5.74) is 0.722. The van der Waals surface area contributed by atoms with Crippen molar-refractivity contribution in [2.45, 2.75) is 19.4 Å². The summed E-state index contributed by atoms with van der Waals surface area (Å²) in [4.78, 5) is 24.2. The molecule has 6 nitrogen and oxygen atoms in total. The molecule has 0 N–H and O–H groups in total. The van der Waals surface area contributed by atoms with E-state index in [4.69, 9.17) is 0 Å². The average Bonchev–Trinajstić information content (AvgIpc) is 2.50. The Morgan fingerprint density at radius 3 is 2.71 bits per heavy atom. The van der Waals surface area contributed by atoms with Gasteiger partial charge in [0.15, 0.2) is 0 Å². The van der Waals surface area contributed by atoms with Gasteiger partial charge in [-0.1, -0.05) is 0 Å². The summed E-state index contributed by atoms with van der Waals surface area (Å²) in [5, 5.41) is 11.2. The molecule has 0 aliphatic carbocycles. The van der Waals surface area contributed by atoms with E-state index in [1.54, 1.807) is 18.8 Å². The van der Waals surface area contributed by atoms with Crippen molar-refractivity contribution in [1.29, 1.82) is 0 Å². The number of hydrogen-bond acceptors (Lipinski definition) is 6. The largest absolute Gasteiger partial charge is 0.465 e. The molecule has 1 aromatic rings. The van der Waals surface area contributed by atoms with Crippen molar-refractivity contribution in [3.05, 3.63) is 33.9 Å². The van der Waals surface area contributed by atoms with Crippen molar-refractivity contribution in [3.63, 3.8) is 0 Å². The molecule has 1 atom stereocenters. The van der Waals surface area contributed by atoms with Crippen molar-refractivity contribution in [3.8, 4) is 0 Å². The van der Waals surface area contributed by atoms with Gasteiger partial charge in [-0.05, 0) is 37.5 Å². The van der Waals surface area contributed by atoms with Crippen LogP contribution in [-0.2, 0) is 4.74 Å². The molecule has 21 heavy (non-hydrogen) atoms. The Morgan fingerprint density at radius 2 is 2.19 bits per heavy atom. The highest BCUT2D eigenvalue weighted by Gasteiger charge is 2.22. The highest BCUT2D eigenvalue weighted by atomic mass is 32.2. The van der Waals surface area contributed by atoms with E-state index in [2.05, 4.69) is 4.74 Å². The summed E-state index contributed by atoms with van der Waals surface area (Å²) in [6.45, 7) is 2.00. The van der Waals surface area contributed by atoms with Crippen molar-refractivity contribution < 1.29 is 14.5 Å².